The maximum Gasteiger partial charge on any atom is 0.274 e. The number of hydrogen-bond acceptors (Lipinski definition) is 2. The molecule has 0 aliphatic heterocycles. The fraction of sp³-hybridized carbons (Fsp3) is 0.300. The Hall–Kier alpha value is -1.06. The minimum atomic E-state index is -0.554. The number of benzene rings is 1. The van der Waals surface area contributed by atoms with Gasteiger partial charge in [0.2, 0.25) is 0 Å². The Balaban J connectivity index is 3.06. The molecule has 0 aromatic heterocycles. The van der Waals surface area contributed by atoms with Crippen molar-refractivity contribution < 1.29 is 10.0 Å². The number of carbonyl (C=O) groups excluding carboxylic acids is 1. The van der Waals surface area contributed by atoms with Crippen molar-refractivity contribution in [3.8, 4) is 0 Å². The minimum Gasteiger partial charge on any atom is -0.288 e. The van der Waals surface area contributed by atoms with Gasteiger partial charge in [-0.15, -0.1) is 0 Å². The van der Waals surface area contributed by atoms with Crippen LogP contribution >= 0.6 is 11.6 Å². The fourth-order valence-electron chi connectivity index (χ4n) is 1.20. The Morgan fingerprint density at radius 3 is 2.57 bits per heavy atom. The predicted octanol–water partition coefficient (Wildman–Crippen LogP) is 2.58. The SMILES string of the molecule is CC(C)c1ccc(C(=O)NO)cc1Cl. The van der Waals surface area contributed by atoms with Gasteiger partial charge in [-0.05, 0) is 23.6 Å². The summed E-state index contributed by atoms with van der Waals surface area (Å²) in [4.78, 5) is 11.0. The second-order valence-corrected chi connectivity index (χ2v) is 3.74. The van der Waals surface area contributed by atoms with Crippen LogP contribution in [0.25, 0.3) is 0 Å². The van der Waals surface area contributed by atoms with Crippen LogP contribution in [0.5, 0.6) is 0 Å². The molecule has 3 nitrogen and oxygen atoms in total. The molecule has 2 N–H and O–H groups in total. The van der Waals surface area contributed by atoms with Gasteiger partial charge < -0.3 is 0 Å². The molecule has 0 aliphatic rings. The molecule has 1 rings (SSSR count). The third-order valence-corrected chi connectivity index (χ3v) is 2.31. The average molecular weight is 214 g/mol. The Kier molecular flexibility index (Phi) is 3.49. The number of amides is 1. The molecule has 76 valence electrons. The topological polar surface area (TPSA) is 49.3 Å². The Morgan fingerprint density at radius 1 is 1.50 bits per heavy atom. The van der Waals surface area contributed by atoms with E-state index in [0.29, 0.717) is 16.5 Å². The molecule has 0 spiro atoms. The first-order valence-electron chi connectivity index (χ1n) is 4.30. The van der Waals surface area contributed by atoms with Crippen molar-refractivity contribution in [3.05, 3.63) is 34.3 Å². The van der Waals surface area contributed by atoms with E-state index in [1.165, 1.54) is 0 Å². The highest BCUT2D eigenvalue weighted by molar-refractivity contribution is 6.31. The van der Waals surface area contributed by atoms with Crippen molar-refractivity contribution in [2.75, 3.05) is 0 Å². The van der Waals surface area contributed by atoms with Crippen LogP contribution in [-0.2, 0) is 0 Å². The first-order valence-corrected chi connectivity index (χ1v) is 4.68. The predicted molar refractivity (Wildman–Crippen MR) is 54.8 cm³/mol. The van der Waals surface area contributed by atoms with Gasteiger partial charge in [0, 0.05) is 10.6 Å². The third kappa shape index (κ3) is 2.25. The Bertz CT molecular complexity index is 350. The number of halogens is 1. The van der Waals surface area contributed by atoms with Gasteiger partial charge in [0.15, 0.2) is 0 Å². The van der Waals surface area contributed by atoms with E-state index >= 15 is 0 Å². The molecule has 0 fully saturated rings. The first-order chi connectivity index (χ1) is 6.56. The van der Waals surface area contributed by atoms with E-state index in [1.54, 1.807) is 23.7 Å². The number of nitrogens with one attached hydrogen (secondary N) is 1. The second-order valence-electron chi connectivity index (χ2n) is 3.33. The van der Waals surface area contributed by atoms with Crippen molar-refractivity contribution in [2.45, 2.75) is 19.8 Å². The lowest BCUT2D eigenvalue weighted by molar-refractivity contribution is 0.0706. The molecule has 0 saturated carbocycles. The molecular weight excluding hydrogens is 202 g/mol. The average Bonchev–Trinajstić information content (AvgIpc) is 2.15. The number of rotatable bonds is 2. The van der Waals surface area contributed by atoms with E-state index in [2.05, 4.69) is 0 Å². The highest BCUT2D eigenvalue weighted by Crippen LogP contribution is 2.24. The lowest BCUT2D eigenvalue weighted by Crippen LogP contribution is -2.18. The molecule has 1 aromatic carbocycles. The summed E-state index contributed by atoms with van der Waals surface area (Å²) in [5, 5.41) is 8.96. The van der Waals surface area contributed by atoms with Crippen LogP contribution in [0.2, 0.25) is 5.02 Å². The van der Waals surface area contributed by atoms with Crippen LogP contribution in [0, 0.1) is 0 Å². The lowest BCUT2D eigenvalue weighted by atomic mass is 10.0. The van der Waals surface area contributed by atoms with E-state index in [1.807, 2.05) is 13.8 Å². The third-order valence-electron chi connectivity index (χ3n) is 1.99. The summed E-state index contributed by atoms with van der Waals surface area (Å²) in [6.07, 6.45) is 0. The van der Waals surface area contributed by atoms with Crippen molar-refractivity contribution >= 4 is 17.5 Å². The van der Waals surface area contributed by atoms with E-state index in [0.717, 1.165) is 5.56 Å². The van der Waals surface area contributed by atoms with Gasteiger partial charge in [-0.2, -0.15) is 0 Å². The highest BCUT2D eigenvalue weighted by atomic mass is 35.5. The van der Waals surface area contributed by atoms with Crippen LogP contribution in [0.4, 0.5) is 0 Å². The number of carbonyl (C=O) groups is 1. The van der Waals surface area contributed by atoms with Gasteiger partial charge in [-0.1, -0.05) is 31.5 Å². The second kappa shape index (κ2) is 4.44. The monoisotopic (exact) mass is 213 g/mol. The Morgan fingerprint density at radius 2 is 2.14 bits per heavy atom. The van der Waals surface area contributed by atoms with E-state index in [4.69, 9.17) is 16.8 Å². The van der Waals surface area contributed by atoms with Crippen molar-refractivity contribution in [1.29, 1.82) is 0 Å². The largest absolute Gasteiger partial charge is 0.288 e. The van der Waals surface area contributed by atoms with Gasteiger partial charge in [0.05, 0.1) is 0 Å². The summed E-state index contributed by atoms with van der Waals surface area (Å²) in [7, 11) is 0. The van der Waals surface area contributed by atoms with Gasteiger partial charge >= 0.3 is 0 Å². The zero-order valence-electron chi connectivity index (χ0n) is 8.04. The van der Waals surface area contributed by atoms with Crippen LogP contribution in [-0.4, -0.2) is 11.1 Å². The molecule has 0 radical (unpaired) electrons. The molecule has 0 heterocycles. The van der Waals surface area contributed by atoms with Crippen molar-refractivity contribution in [2.24, 2.45) is 0 Å². The van der Waals surface area contributed by atoms with Gasteiger partial charge in [0.1, 0.15) is 0 Å². The molecule has 0 aliphatic carbocycles. The standard InChI is InChI=1S/C10H12ClNO2/c1-6(2)8-4-3-7(5-9(8)11)10(13)12-14/h3-6,14H,1-2H3,(H,12,13). The molecule has 14 heavy (non-hydrogen) atoms. The first kappa shape index (κ1) is 11.0. The summed E-state index contributed by atoms with van der Waals surface area (Å²) in [6.45, 7) is 4.04. The number of hydroxylamine groups is 1. The summed E-state index contributed by atoms with van der Waals surface area (Å²) >= 11 is 5.96. The molecule has 0 unspecified atom stereocenters. The summed E-state index contributed by atoms with van der Waals surface area (Å²) < 4.78 is 0. The lowest BCUT2D eigenvalue weighted by Gasteiger charge is -2.08. The molecule has 4 heteroatoms. The maximum atomic E-state index is 11.0. The minimum absolute atomic E-state index is 0.314. The molecule has 0 saturated heterocycles. The highest BCUT2D eigenvalue weighted by Gasteiger charge is 2.09. The van der Waals surface area contributed by atoms with Crippen molar-refractivity contribution in [3.63, 3.8) is 0 Å². The summed E-state index contributed by atoms with van der Waals surface area (Å²) in [6, 6.07) is 4.97. The maximum absolute atomic E-state index is 11.0. The molecule has 1 aromatic rings. The smallest absolute Gasteiger partial charge is 0.274 e. The number of hydrogen-bond donors (Lipinski definition) is 2. The Labute approximate surface area is 87.7 Å². The van der Waals surface area contributed by atoms with Gasteiger partial charge in [-0.25, -0.2) is 5.48 Å². The van der Waals surface area contributed by atoms with E-state index < -0.39 is 5.91 Å². The normalized spacial score (nSPS) is 10.4. The zero-order valence-corrected chi connectivity index (χ0v) is 8.80. The van der Waals surface area contributed by atoms with Crippen LogP contribution in [0.15, 0.2) is 18.2 Å². The summed E-state index contributed by atoms with van der Waals surface area (Å²) in [5.74, 6) is -0.240. The van der Waals surface area contributed by atoms with Crippen molar-refractivity contribution in [1.82, 2.24) is 5.48 Å². The summed E-state index contributed by atoms with van der Waals surface area (Å²) in [5.41, 5.74) is 2.90. The molecule has 0 bridgehead atoms. The zero-order chi connectivity index (χ0) is 10.7. The van der Waals surface area contributed by atoms with Gasteiger partial charge in [0.25, 0.3) is 5.91 Å². The molecule has 0 atom stereocenters. The van der Waals surface area contributed by atoms with Crippen LogP contribution < -0.4 is 5.48 Å². The van der Waals surface area contributed by atoms with Crippen LogP contribution in [0.1, 0.15) is 35.7 Å². The van der Waals surface area contributed by atoms with E-state index in [9.17, 15) is 4.79 Å². The fourth-order valence-corrected chi connectivity index (χ4v) is 1.60. The van der Waals surface area contributed by atoms with Crippen LogP contribution in [0.3, 0.4) is 0 Å². The molecular formula is C10H12ClNO2. The molecule has 1 amide bonds. The van der Waals surface area contributed by atoms with Gasteiger partial charge in [-0.3, -0.25) is 10.0 Å². The van der Waals surface area contributed by atoms with E-state index in [-0.39, 0.29) is 0 Å². The quantitative estimate of drug-likeness (QED) is 0.586.